The van der Waals surface area contributed by atoms with Crippen LogP contribution >= 0.6 is 23.4 Å². The van der Waals surface area contributed by atoms with E-state index in [1.807, 2.05) is 42.1 Å². The van der Waals surface area contributed by atoms with Crippen LogP contribution in [0.2, 0.25) is 0 Å². The Morgan fingerprint density at radius 1 is 1.19 bits per heavy atom. The second-order valence-corrected chi connectivity index (χ2v) is 7.12. The molecule has 1 unspecified atom stereocenters. The lowest BCUT2D eigenvalue weighted by Gasteiger charge is -2.19. The van der Waals surface area contributed by atoms with E-state index in [4.69, 9.17) is 16.1 Å². The molecule has 5 heteroatoms. The number of thioether (sulfide) groups is 1. The van der Waals surface area contributed by atoms with Crippen molar-refractivity contribution >= 4 is 23.4 Å². The SMILES string of the molecule is ClC(c1ccccc1)c1nc(CSC2CCCCC2)no1. The third-order valence-corrected chi connectivity index (χ3v) is 5.60. The normalized spacial score (nSPS) is 17.8. The minimum atomic E-state index is -0.368. The standard InChI is InChI=1S/C16H19ClN2OS/c17-15(12-7-3-1-4-8-12)16-18-14(19-20-16)11-21-13-9-5-2-6-10-13/h1,3-4,7-8,13,15H,2,5-6,9-11H2. The highest BCUT2D eigenvalue weighted by molar-refractivity contribution is 7.99. The van der Waals surface area contributed by atoms with Crippen molar-refractivity contribution in [2.24, 2.45) is 0 Å². The van der Waals surface area contributed by atoms with Crippen LogP contribution in [-0.2, 0) is 5.75 Å². The van der Waals surface area contributed by atoms with E-state index in [9.17, 15) is 0 Å². The van der Waals surface area contributed by atoms with Crippen molar-refractivity contribution in [3.63, 3.8) is 0 Å². The van der Waals surface area contributed by atoms with Gasteiger partial charge in [-0.3, -0.25) is 0 Å². The molecule has 1 fully saturated rings. The number of alkyl halides is 1. The van der Waals surface area contributed by atoms with E-state index >= 15 is 0 Å². The summed E-state index contributed by atoms with van der Waals surface area (Å²) in [5.41, 5.74) is 0.981. The van der Waals surface area contributed by atoms with Crippen molar-refractivity contribution in [3.05, 3.63) is 47.6 Å². The van der Waals surface area contributed by atoms with E-state index in [1.165, 1.54) is 32.1 Å². The third-order valence-electron chi connectivity index (χ3n) is 3.79. The Hall–Kier alpha value is -1.00. The molecule has 21 heavy (non-hydrogen) atoms. The molecule has 0 radical (unpaired) electrons. The van der Waals surface area contributed by atoms with E-state index in [0.717, 1.165) is 22.4 Å². The summed E-state index contributed by atoms with van der Waals surface area (Å²) in [5, 5.41) is 4.44. The molecule has 0 amide bonds. The summed E-state index contributed by atoms with van der Waals surface area (Å²) in [4.78, 5) is 4.44. The highest BCUT2D eigenvalue weighted by Gasteiger charge is 2.19. The minimum Gasteiger partial charge on any atom is -0.337 e. The van der Waals surface area contributed by atoms with Crippen LogP contribution in [-0.4, -0.2) is 15.4 Å². The fraction of sp³-hybridized carbons (Fsp3) is 0.500. The van der Waals surface area contributed by atoms with Gasteiger partial charge in [-0.05, 0) is 18.4 Å². The molecule has 1 aromatic carbocycles. The van der Waals surface area contributed by atoms with Gasteiger partial charge >= 0.3 is 0 Å². The molecular formula is C16H19ClN2OS. The minimum absolute atomic E-state index is 0.368. The molecule has 0 bridgehead atoms. The molecule has 1 saturated carbocycles. The largest absolute Gasteiger partial charge is 0.337 e. The molecule has 3 rings (SSSR count). The van der Waals surface area contributed by atoms with E-state index in [-0.39, 0.29) is 5.38 Å². The molecule has 0 spiro atoms. The van der Waals surface area contributed by atoms with E-state index in [0.29, 0.717) is 5.89 Å². The highest BCUT2D eigenvalue weighted by atomic mass is 35.5. The average molecular weight is 323 g/mol. The number of hydrogen-bond donors (Lipinski definition) is 0. The lowest BCUT2D eigenvalue weighted by atomic mass is 10.0. The molecule has 1 aliphatic carbocycles. The average Bonchev–Trinajstić information content (AvgIpc) is 3.03. The number of hydrogen-bond acceptors (Lipinski definition) is 4. The summed E-state index contributed by atoms with van der Waals surface area (Å²) in [6.07, 6.45) is 6.73. The van der Waals surface area contributed by atoms with Gasteiger partial charge in [0, 0.05) is 5.25 Å². The van der Waals surface area contributed by atoms with E-state index in [1.54, 1.807) is 0 Å². The van der Waals surface area contributed by atoms with Crippen LogP contribution in [0.3, 0.4) is 0 Å². The van der Waals surface area contributed by atoms with Gasteiger partial charge in [-0.1, -0.05) is 54.8 Å². The van der Waals surface area contributed by atoms with Crippen molar-refractivity contribution in [1.82, 2.24) is 10.1 Å². The smallest absolute Gasteiger partial charge is 0.249 e. The molecular weight excluding hydrogens is 304 g/mol. The molecule has 1 atom stereocenters. The zero-order chi connectivity index (χ0) is 14.5. The molecule has 0 saturated heterocycles. The molecule has 1 heterocycles. The van der Waals surface area contributed by atoms with Crippen LogP contribution in [0.25, 0.3) is 0 Å². The van der Waals surface area contributed by atoms with Crippen molar-refractivity contribution in [3.8, 4) is 0 Å². The predicted octanol–water partition coefficient (Wildman–Crippen LogP) is 4.96. The maximum absolute atomic E-state index is 6.39. The van der Waals surface area contributed by atoms with Gasteiger partial charge in [0.1, 0.15) is 5.38 Å². The first-order chi connectivity index (χ1) is 10.3. The molecule has 2 aromatic rings. The van der Waals surface area contributed by atoms with Gasteiger partial charge in [-0.15, -0.1) is 11.6 Å². The second kappa shape index (κ2) is 7.32. The Labute approximate surface area is 134 Å². The summed E-state index contributed by atoms with van der Waals surface area (Å²) >= 11 is 8.33. The Morgan fingerprint density at radius 3 is 2.71 bits per heavy atom. The quantitative estimate of drug-likeness (QED) is 0.729. The summed E-state index contributed by atoms with van der Waals surface area (Å²) < 4.78 is 5.31. The summed E-state index contributed by atoms with van der Waals surface area (Å²) in [7, 11) is 0. The topological polar surface area (TPSA) is 38.9 Å². The lowest BCUT2D eigenvalue weighted by molar-refractivity contribution is 0.378. The van der Waals surface area contributed by atoms with Crippen LogP contribution < -0.4 is 0 Å². The summed E-state index contributed by atoms with van der Waals surface area (Å²) in [5.74, 6) is 2.05. The Balaban J connectivity index is 1.58. The molecule has 0 aliphatic heterocycles. The first kappa shape index (κ1) is 14.9. The zero-order valence-electron chi connectivity index (χ0n) is 11.9. The Morgan fingerprint density at radius 2 is 1.95 bits per heavy atom. The molecule has 1 aromatic heterocycles. The van der Waals surface area contributed by atoms with Crippen LogP contribution in [0.1, 0.15) is 54.8 Å². The van der Waals surface area contributed by atoms with E-state index in [2.05, 4.69) is 10.1 Å². The van der Waals surface area contributed by atoms with Gasteiger partial charge in [0.15, 0.2) is 5.82 Å². The summed E-state index contributed by atoms with van der Waals surface area (Å²) in [6, 6.07) is 9.83. The number of benzene rings is 1. The van der Waals surface area contributed by atoms with Gasteiger partial charge < -0.3 is 4.52 Å². The van der Waals surface area contributed by atoms with Crippen LogP contribution in [0, 0.1) is 0 Å². The summed E-state index contributed by atoms with van der Waals surface area (Å²) in [6.45, 7) is 0. The van der Waals surface area contributed by atoms with Crippen LogP contribution in [0.5, 0.6) is 0 Å². The fourth-order valence-electron chi connectivity index (χ4n) is 2.62. The monoisotopic (exact) mass is 322 g/mol. The lowest BCUT2D eigenvalue weighted by Crippen LogP contribution is -2.08. The predicted molar refractivity (Wildman–Crippen MR) is 86.6 cm³/mol. The first-order valence-electron chi connectivity index (χ1n) is 7.46. The maximum atomic E-state index is 6.39. The van der Waals surface area contributed by atoms with Gasteiger partial charge in [0.05, 0.1) is 5.75 Å². The number of rotatable bonds is 5. The van der Waals surface area contributed by atoms with Gasteiger partial charge in [-0.25, -0.2) is 0 Å². The van der Waals surface area contributed by atoms with Crippen molar-refractivity contribution < 1.29 is 4.52 Å². The van der Waals surface area contributed by atoms with Gasteiger partial charge in [0.25, 0.3) is 0 Å². The molecule has 0 N–H and O–H groups in total. The van der Waals surface area contributed by atoms with Gasteiger partial charge in [-0.2, -0.15) is 16.7 Å². The van der Waals surface area contributed by atoms with Crippen molar-refractivity contribution in [1.29, 1.82) is 0 Å². The Kier molecular flexibility index (Phi) is 5.20. The molecule has 3 nitrogen and oxygen atoms in total. The number of halogens is 1. The maximum Gasteiger partial charge on any atom is 0.249 e. The highest BCUT2D eigenvalue weighted by Crippen LogP contribution is 2.31. The third kappa shape index (κ3) is 4.01. The number of nitrogens with zero attached hydrogens (tertiary/aromatic N) is 2. The van der Waals surface area contributed by atoms with Crippen molar-refractivity contribution in [2.45, 2.75) is 48.5 Å². The first-order valence-corrected chi connectivity index (χ1v) is 8.94. The van der Waals surface area contributed by atoms with Crippen LogP contribution in [0.4, 0.5) is 0 Å². The zero-order valence-corrected chi connectivity index (χ0v) is 13.4. The molecule has 112 valence electrons. The van der Waals surface area contributed by atoms with Crippen LogP contribution in [0.15, 0.2) is 34.9 Å². The van der Waals surface area contributed by atoms with E-state index < -0.39 is 0 Å². The second-order valence-electron chi connectivity index (χ2n) is 5.39. The van der Waals surface area contributed by atoms with Crippen molar-refractivity contribution in [2.75, 3.05) is 0 Å². The van der Waals surface area contributed by atoms with Gasteiger partial charge in [0.2, 0.25) is 5.89 Å². The Bertz CT molecular complexity index is 554. The fourth-order valence-corrected chi connectivity index (χ4v) is 4.02. The molecule has 1 aliphatic rings. The number of aromatic nitrogens is 2.